The summed E-state index contributed by atoms with van der Waals surface area (Å²) in [5.74, 6) is 0. The first-order valence-electron chi connectivity index (χ1n) is 35.5. The third kappa shape index (κ3) is 8.71. The Labute approximate surface area is 599 Å². The van der Waals surface area contributed by atoms with Crippen LogP contribution in [0, 0.1) is 11.3 Å². The molecule has 1 unspecified atom stereocenters. The lowest BCUT2D eigenvalue weighted by Crippen LogP contribution is -2.44. The van der Waals surface area contributed by atoms with Crippen molar-refractivity contribution in [3.8, 4) is 84.5 Å². The number of allylic oxidation sites excluding steroid dienone is 1. The van der Waals surface area contributed by atoms with E-state index in [1.165, 1.54) is 5.57 Å². The molecule has 0 bridgehead atoms. The Kier molecular flexibility index (Phi) is 13.1. The van der Waals surface area contributed by atoms with Crippen LogP contribution in [0.15, 0.2) is 345 Å². The van der Waals surface area contributed by atoms with Gasteiger partial charge in [-0.25, -0.2) is 0 Å². The van der Waals surface area contributed by atoms with Gasteiger partial charge in [-0.1, -0.05) is 231 Å². The van der Waals surface area contributed by atoms with Crippen molar-refractivity contribution in [2.24, 2.45) is 4.99 Å². The molecule has 14 aromatic carbocycles. The van der Waals surface area contributed by atoms with Crippen molar-refractivity contribution >= 4 is 110 Å². The Morgan fingerprint density at radius 1 is 0.337 bits per heavy atom. The van der Waals surface area contributed by atoms with Crippen molar-refractivity contribution in [3.63, 3.8) is 0 Å². The van der Waals surface area contributed by atoms with E-state index in [0.717, 1.165) is 183 Å². The number of nitriles is 1. The van der Waals surface area contributed by atoms with Crippen LogP contribution < -0.4 is 4.90 Å². The second kappa shape index (κ2) is 23.1. The molecule has 2 aliphatic rings. The molecule has 2 aliphatic heterocycles. The van der Waals surface area contributed by atoms with E-state index >= 15 is 0 Å². The third-order valence-electron chi connectivity index (χ3n) is 22.1. The van der Waals surface area contributed by atoms with Crippen LogP contribution in [0.25, 0.3) is 171 Å². The van der Waals surface area contributed by atoms with Gasteiger partial charge < -0.3 is 23.2 Å². The molecule has 0 saturated heterocycles. The highest BCUT2D eigenvalue weighted by molar-refractivity contribution is 6.19. The van der Waals surface area contributed by atoms with E-state index in [4.69, 9.17) is 9.98 Å². The molecule has 0 aliphatic carbocycles. The summed E-state index contributed by atoms with van der Waals surface area (Å²) in [4.78, 5) is 12.2. The van der Waals surface area contributed by atoms with Gasteiger partial charge in [-0.15, -0.1) is 0 Å². The standard InChI is InChI=1S/C96H62N8/c1-96-60-99-53-51-81(96)75-50-52-98-59-90(75)104(96)70-44-38-65(39-45-70)91-94(102-84-36-20-16-32-73(84)78-56-68(42-48-88(78)102)63-26-10-4-11-27-63)92(100-82-34-18-14-30-71(82)76-54-66(40-46-86(76)100)61-22-6-2-7-23-61)80(58-97)93(101-83-35-19-15-31-72(83)77-55-67(41-47-87(77)101)62-24-8-3-9-25-62)95(91)103-85-37-21-17-33-74(85)79-57-69(43-49-89(79)103)64-28-12-5-13-29-64/h2-57,59H,60H2,1H3. The van der Waals surface area contributed by atoms with Crippen LogP contribution in [0.2, 0.25) is 0 Å². The topological polar surface area (TPSA) is 72.0 Å². The van der Waals surface area contributed by atoms with Crippen molar-refractivity contribution in [1.82, 2.24) is 23.3 Å². The number of fused-ring (bicyclic) bond motifs is 15. The zero-order chi connectivity index (χ0) is 68.7. The zero-order valence-corrected chi connectivity index (χ0v) is 56.7. The molecule has 21 rings (SSSR count). The van der Waals surface area contributed by atoms with E-state index in [-0.39, 0.29) is 0 Å². The van der Waals surface area contributed by atoms with Crippen LogP contribution in [-0.2, 0) is 0 Å². The van der Waals surface area contributed by atoms with Gasteiger partial charge in [-0.05, 0) is 160 Å². The van der Waals surface area contributed by atoms with Gasteiger partial charge in [0.15, 0.2) is 0 Å². The molecule has 0 N–H and O–H groups in total. The maximum Gasteiger partial charge on any atom is 0.104 e. The quantitative estimate of drug-likeness (QED) is 0.137. The van der Waals surface area contributed by atoms with E-state index in [0.29, 0.717) is 12.1 Å². The summed E-state index contributed by atoms with van der Waals surface area (Å²) in [6.45, 7) is 2.88. The molecule has 19 aromatic rings. The number of pyridine rings is 1. The number of aromatic nitrogens is 5. The smallest absolute Gasteiger partial charge is 0.104 e. The number of hydrogen-bond acceptors (Lipinski definition) is 4. The minimum atomic E-state index is -0.496. The minimum absolute atomic E-state index is 0.491. The highest BCUT2D eigenvalue weighted by atomic mass is 15.3. The Hall–Kier alpha value is -13.9. The van der Waals surface area contributed by atoms with Gasteiger partial charge in [0.1, 0.15) is 11.6 Å². The van der Waals surface area contributed by atoms with Crippen molar-refractivity contribution in [3.05, 3.63) is 351 Å². The van der Waals surface area contributed by atoms with Crippen LogP contribution in [0.4, 0.5) is 11.4 Å². The largest absolute Gasteiger partial charge is 0.328 e. The first-order valence-corrected chi connectivity index (χ1v) is 35.5. The van der Waals surface area contributed by atoms with Crippen LogP contribution in [0.1, 0.15) is 18.1 Å². The fourth-order valence-electron chi connectivity index (χ4n) is 17.5. The van der Waals surface area contributed by atoms with Gasteiger partial charge in [0.05, 0.1) is 90.9 Å². The number of hydrogen-bond donors (Lipinski definition) is 0. The summed E-state index contributed by atoms with van der Waals surface area (Å²) < 4.78 is 9.88. The van der Waals surface area contributed by atoms with Gasteiger partial charge >= 0.3 is 0 Å². The van der Waals surface area contributed by atoms with Crippen LogP contribution in [0.5, 0.6) is 0 Å². The molecule has 486 valence electrons. The number of para-hydroxylation sites is 4. The van der Waals surface area contributed by atoms with Crippen molar-refractivity contribution in [2.75, 3.05) is 11.4 Å². The first kappa shape index (κ1) is 59.0. The zero-order valence-electron chi connectivity index (χ0n) is 56.7. The highest BCUT2D eigenvalue weighted by Gasteiger charge is 2.46. The van der Waals surface area contributed by atoms with Crippen molar-refractivity contribution < 1.29 is 0 Å². The van der Waals surface area contributed by atoms with E-state index < -0.39 is 5.54 Å². The number of benzene rings is 14. The fraction of sp³-hybridized carbons (Fsp3) is 0.0312. The maximum absolute atomic E-state index is 13.6. The van der Waals surface area contributed by atoms with E-state index in [1.54, 1.807) is 0 Å². The van der Waals surface area contributed by atoms with Crippen molar-refractivity contribution in [1.29, 1.82) is 5.26 Å². The normalized spacial score (nSPS) is 14.2. The fourth-order valence-corrected chi connectivity index (χ4v) is 17.5. The molecular weight excluding hydrogens is 1270 g/mol. The molecule has 104 heavy (non-hydrogen) atoms. The molecule has 0 spiro atoms. The summed E-state index contributed by atoms with van der Waals surface area (Å²) in [5.41, 5.74) is 26.2. The second-order valence-electron chi connectivity index (χ2n) is 27.7. The molecule has 0 radical (unpaired) electrons. The molecule has 0 saturated carbocycles. The van der Waals surface area contributed by atoms with Gasteiger partial charge in [0.2, 0.25) is 0 Å². The van der Waals surface area contributed by atoms with Crippen LogP contribution >= 0.6 is 0 Å². The number of rotatable bonds is 10. The lowest BCUT2D eigenvalue weighted by Gasteiger charge is -2.38. The summed E-state index contributed by atoms with van der Waals surface area (Å²) in [5, 5.41) is 22.2. The SMILES string of the molecule is CC12CN=CC=C1c1ccncc1N2c1ccc(-c2c(-n3c4ccccc4c4cc(-c5ccccc5)ccc43)c(-n3c4ccccc4c4cc(-c5ccccc5)ccc43)c(C#N)c(-n3c4ccccc4c4cc(-c5ccccc5)ccc43)c2-n2c3ccccc3c3cc(-c4ccccc4)ccc32)cc1. The number of aliphatic imine (C=N–C) groups is 1. The lowest BCUT2D eigenvalue weighted by atomic mass is 9.88. The first-order chi connectivity index (χ1) is 51.5. The molecule has 8 heteroatoms. The third-order valence-corrected chi connectivity index (χ3v) is 22.1. The summed E-state index contributed by atoms with van der Waals surface area (Å²) in [7, 11) is 0. The summed E-state index contributed by atoms with van der Waals surface area (Å²) in [6, 6.07) is 120. The van der Waals surface area contributed by atoms with Gasteiger partial charge in [0.25, 0.3) is 0 Å². The molecule has 0 amide bonds. The Morgan fingerprint density at radius 3 is 1.05 bits per heavy atom. The Bertz CT molecular complexity index is 6550. The highest BCUT2D eigenvalue weighted by Crippen LogP contribution is 2.55. The molecule has 1 atom stereocenters. The number of dihydropyridines is 1. The second-order valence-corrected chi connectivity index (χ2v) is 27.7. The van der Waals surface area contributed by atoms with E-state index in [9.17, 15) is 5.26 Å². The number of nitrogens with zero attached hydrogens (tertiary/aromatic N) is 8. The van der Waals surface area contributed by atoms with Gasteiger partial charge in [0, 0.05) is 72.3 Å². The lowest BCUT2D eigenvalue weighted by molar-refractivity contribution is 0.612. The minimum Gasteiger partial charge on any atom is -0.328 e. The maximum atomic E-state index is 13.6. The predicted octanol–water partition coefficient (Wildman–Crippen LogP) is 24.1. The Morgan fingerprint density at radius 2 is 0.673 bits per heavy atom. The molecule has 8 nitrogen and oxygen atoms in total. The molecule has 0 fully saturated rings. The average Bonchev–Trinajstić information content (AvgIpc) is 1.45. The summed E-state index contributed by atoms with van der Waals surface area (Å²) in [6.07, 6.45) is 8.02. The summed E-state index contributed by atoms with van der Waals surface area (Å²) >= 11 is 0. The van der Waals surface area contributed by atoms with E-state index in [1.807, 2.05) is 18.6 Å². The molecule has 5 aromatic heterocycles. The molecule has 7 heterocycles. The van der Waals surface area contributed by atoms with Gasteiger partial charge in [-0.3, -0.25) is 9.98 Å². The van der Waals surface area contributed by atoms with E-state index in [2.05, 4.69) is 364 Å². The number of anilines is 2. The van der Waals surface area contributed by atoms with Crippen molar-refractivity contribution in [2.45, 2.75) is 12.5 Å². The van der Waals surface area contributed by atoms with Gasteiger partial charge in [-0.2, -0.15) is 5.26 Å². The van der Waals surface area contributed by atoms with Crippen LogP contribution in [0.3, 0.4) is 0 Å². The monoisotopic (exact) mass is 1330 g/mol. The Balaban J connectivity index is 1.00. The molecular formula is C96H62N8. The predicted molar refractivity (Wildman–Crippen MR) is 432 cm³/mol. The average molecular weight is 1330 g/mol. The van der Waals surface area contributed by atoms with Crippen LogP contribution in [-0.4, -0.2) is 41.6 Å².